The molecule has 0 aromatic carbocycles. The summed E-state index contributed by atoms with van der Waals surface area (Å²) >= 11 is 0. The molecule has 14 heavy (non-hydrogen) atoms. The number of rotatable bonds is 5. The van der Waals surface area contributed by atoms with Crippen LogP contribution < -0.4 is 0 Å². The van der Waals surface area contributed by atoms with Crippen molar-refractivity contribution in [3.05, 3.63) is 48.1 Å². The Bertz CT molecular complexity index is 278. The Kier molecular flexibility index (Phi) is 7.43. The molecule has 0 aliphatic rings. The molecule has 0 radical (unpaired) electrons. The maximum Gasteiger partial charge on any atom is 0.0639 e. The highest BCUT2D eigenvalue weighted by Gasteiger charge is 1.87. The van der Waals surface area contributed by atoms with E-state index in [-0.39, 0.29) is 0 Å². The van der Waals surface area contributed by atoms with Crippen molar-refractivity contribution in [2.45, 2.75) is 20.8 Å². The summed E-state index contributed by atoms with van der Waals surface area (Å²) in [6.45, 7) is 10.4. The zero-order valence-electron chi connectivity index (χ0n) is 9.33. The smallest absolute Gasteiger partial charge is 0.0639 e. The number of nitrogens with zero attached hydrogens (tertiary/aromatic N) is 1. The molecule has 76 valence electrons. The molecule has 0 saturated heterocycles. The summed E-state index contributed by atoms with van der Waals surface area (Å²) in [6, 6.07) is 0. The van der Waals surface area contributed by atoms with Crippen LogP contribution in [-0.4, -0.2) is 12.8 Å². The second-order valence-electron chi connectivity index (χ2n) is 2.98. The first kappa shape index (κ1) is 12.6. The van der Waals surface area contributed by atoms with Gasteiger partial charge in [0, 0.05) is 6.21 Å². The Morgan fingerprint density at radius 3 is 2.57 bits per heavy atom. The van der Waals surface area contributed by atoms with E-state index in [4.69, 9.17) is 0 Å². The van der Waals surface area contributed by atoms with E-state index in [1.807, 2.05) is 51.3 Å². The summed E-state index contributed by atoms with van der Waals surface area (Å²) in [7, 11) is 0. The Morgan fingerprint density at radius 1 is 1.36 bits per heavy atom. The van der Waals surface area contributed by atoms with E-state index in [2.05, 4.69) is 11.6 Å². The van der Waals surface area contributed by atoms with Crippen LogP contribution >= 0.6 is 0 Å². The lowest BCUT2D eigenvalue weighted by Crippen LogP contribution is -1.86. The van der Waals surface area contributed by atoms with Gasteiger partial charge in [0.25, 0.3) is 0 Å². The first-order valence-electron chi connectivity index (χ1n) is 4.81. The standard InChI is InChI=1S/C13H19N/c1-5-8-13(9-6-2)11-14-10-12(4)7-3/h5-10H,1,11H2,2-4H3/b9-6-,12-7+,13-8+,14-10?. The van der Waals surface area contributed by atoms with Crippen LogP contribution in [0.4, 0.5) is 0 Å². The summed E-state index contributed by atoms with van der Waals surface area (Å²) in [6.07, 6.45) is 11.7. The van der Waals surface area contributed by atoms with Crippen LogP contribution in [0.1, 0.15) is 20.8 Å². The molecule has 1 heteroatoms. The van der Waals surface area contributed by atoms with E-state index in [1.165, 1.54) is 11.1 Å². The van der Waals surface area contributed by atoms with Crippen molar-refractivity contribution in [2.24, 2.45) is 4.99 Å². The van der Waals surface area contributed by atoms with Gasteiger partial charge in [-0.1, -0.05) is 37.0 Å². The molecule has 0 aliphatic heterocycles. The predicted molar refractivity (Wildman–Crippen MR) is 65.9 cm³/mol. The van der Waals surface area contributed by atoms with Gasteiger partial charge in [0.05, 0.1) is 6.54 Å². The molecule has 0 heterocycles. The topological polar surface area (TPSA) is 12.4 Å². The second-order valence-corrected chi connectivity index (χ2v) is 2.98. The van der Waals surface area contributed by atoms with Gasteiger partial charge in [0.15, 0.2) is 0 Å². The molecule has 0 unspecified atom stereocenters. The Balaban J connectivity index is 4.27. The molecule has 0 rings (SSSR count). The van der Waals surface area contributed by atoms with Crippen molar-refractivity contribution in [2.75, 3.05) is 6.54 Å². The highest BCUT2D eigenvalue weighted by Crippen LogP contribution is 1.98. The maximum atomic E-state index is 4.32. The van der Waals surface area contributed by atoms with Crippen molar-refractivity contribution >= 4 is 6.21 Å². The summed E-state index contributed by atoms with van der Waals surface area (Å²) in [5, 5.41) is 0. The molecule has 0 aromatic rings. The average Bonchev–Trinajstić information content (AvgIpc) is 2.18. The summed E-state index contributed by atoms with van der Waals surface area (Å²) in [4.78, 5) is 4.32. The molecule has 0 fully saturated rings. The van der Waals surface area contributed by atoms with Crippen LogP contribution in [0.5, 0.6) is 0 Å². The molecule has 0 N–H and O–H groups in total. The van der Waals surface area contributed by atoms with E-state index in [0.717, 1.165) is 0 Å². The molecule has 0 aromatic heterocycles. The fourth-order valence-electron chi connectivity index (χ4n) is 0.896. The SMILES string of the molecule is C=C/C=C(\C=C/C)CN=C/C(C)=C/C. The minimum atomic E-state index is 0.710. The molecule has 0 atom stereocenters. The van der Waals surface area contributed by atoms with Crippen molar-refractivity contribution < 1.29 is 0 Å². The van der Waals surface area contributed by atoms with Gasteiger partial charge in [-0.3, -0.25) is 4.99 Å². The van der Waals surface area contributed by atoms with Gasteiger partial charge in [0.2, 0.25) is 0 Å². The van der Waals surface area contributed by atoms with Crippen LogP contribution in [-0.2, 0) is 0 Å². The van der Waals surface area contributed by atoms with E-state index >= 15 is 0 Å². The van der Waals surface area contributed by atoms with E-state index in [1.54, 1.807) is 6.08 Å². The van der Waals surface area contributed by atoms with Gasteiger partial charge in [0.1, 0.15) is 0 Å². The lowest BCUT2D eigenvalue weighted by molar-refractivity contribution is 1.19. The van der Waals surface area contributed by atoms with Gasteiger partial charge >= 0.3 is 0 Å². The summed E-state index contributed by atoms with van der Waals surface area (Å²) in [5.41, 5.74) is 2.35. The van der Waals surface area contributed by atoms with E-state index in [0.29, 0.717) is 6.54 Å². The third-order valence-corrected chi connectivity index (χ3v) is 1.74. The van der Waals surface area contributed by atoms with Gasteiger partial charge < -0.3 is 0 Å². The largest absolute Gasteiger partial charge is 0.288 e. The lowest BCUT2D eigenvalue weighted by atomic mass is 10.2. The Morgan fingerprint density at radius 2 is 2.07 bits per heavy atom. The molecule has 0 saturated carbocycles. The highest BCUT2D eigenvalue weighted by atomic mass is 14.7. The number of aliphatic imine (C=N–C) groups is 1. The minimum absolute atomic E-state index is 0.710. The number of hydrogen-bond acceptors (Lipinski definition) is 1. The quantitative estimate of drug-likeness (QED) is 0.462. The zero-order chi connectivity index (χ0) is 10.8. The first-order chi connectivity index (χ1) is 6.74. The van der Waals surface area contributed by atoms with Crippen molar-refractivity contribution in [1.29, 1.82) is 0 Å². The molecule has 0 spiro atoms. The maximum absolute atomic E-state index is 4.32. The number of hydrogen-bond donors (Lipinski definition) is 0. The predicted octanol–water partition coefficient (Wildman–Crippen LogP) is 3.71. The fraction of sp³-hybridized carbons (Fsp3) is 0.308. The average molecular weight is 189 g/mol. The normalized spacial score (nSPS) is 14.2. The highest BCUT2D eigenvalue weighted by molar-refractivity contribution is 5.77. The fourth-order valence-corrected chi connectivity index (χ4v) is 0.896. The molecule has 0 aliphatic carbocycles. The lowest BCUT2D eigenvalue weighted by Gasteiger charge is -1.95. The van der Waals surface area contributed by atoms with Gasteiger partial charge in [-0.2, -0.15) is 0 Å². The van der Waals surface area contributed by atoms with Crippen LogP contribution in [0.25, 0.3) is 0 Å². The first-order valence-corrected chi connectivity index (χ1v) is 4.81. The molecular weight excluding hydrogens is 170 g/mol. The van der Waals surface area contributed by atoms with Gasteiger partial charge in [-0.25, -0.2) is 0 Å². The summed E-state index contributed by atoms with van der Waals surface area (Å²) < 4.78 is 0. The van der Waals surface area contributed by atoms with Crippen LogP contribution in [0.3, 0.4) is 0 Å². The second kappa shape index (κ2) is 8.24. The van der Waals surface area contributed by atoms with Crippen molar-refractivity contribution in [1.82, 2.24) is 0 Å². The number of allylic oxidation sites excluding steroid dienone is 5. The van der Waals surface area contributed by atoms with Crippen LogP contribution in [0.2, 0.25) is 0 Å². The third kappa shape index (κ3) is 6.18. The molecular formula is C13H19N. The summed E-state index contributed by atoms with van der Waals surface area (Å²) in [5.74, 6) is 0. The van der Waals surface area contributed by atoms with Crippen LogP contribution in [0.15, 0.2) is 53.1 Å². The molecule has 0 bridgehead atoms. The van der Waals surface area contributed by atoms with E-state index in [9.17, 15) is 0 Å². The minimum Gasteiger partial charge on any atom is -0.288 e. The van der Waals surface area contributed by atoms with Crippen LogP contribution in [0, 0.1) is 0 Å². The molecule has 0 amide bonds. The van der Waals surface area contributed by atoms with Crippen molar-refractivity contribution in [3.8, 4) is 0 Å². The van der Waals surface area contributed by atoms with E-state index < -0.39 is 0 Å². The monoisotopic (exact) mass is 189 g/mol. The van der Waals surface area contributed by atoms with Gasteiger partial charge in [-0.05, 0) is 31.9 Å². The third-order valence-electron chi connectivity index (χ3n) is 1.74. The van der Waals surface area contributed by atoms with Crippen molar-refractivity contribution in [3.63, 3.8) is 0 Å². The zero-order valence-corrected chi connectivity index (χ0v) is 9.33. The Hall–Kier alpha value is -1.37. The molecule has 1 nitrogen and oxygen atoms in total. The Labute approximate surface area is 87.3 Å². The van der Waals surface area contributed by atoms with Gasteiger partial charge in [-0.15, -0.1) is 0 Å².